The van der Waals surface area contributed by atoms with Gasteiger partial charge in [-0.1, -0.05) is 0 Å². The van der Waals surface area contributed by atoms with Crippen LogP contribution in [0.15, 0.2) is 0 Å². The Morgan fingerprint density at radius 2 is 1.60 bits per heavy atom. The molecule has 0 heterocycles. The lowest BCUT2D eigenvalue weighted by atomic mass is 10.2. The fraction of sp³-hybridized carbons (Fsp3) is 1.00. The van der Waals surface area contributed by atoms with Gasteiger partial charge in [0.1, 0.15) is 0 Å². The predicted octanol–water partition coefficient (Wildman–Crippen LogP) is 2.63. The van der Waals surface area contributed by atoms with Crippen LogP contribution >= 0.6 is 0 Å². The first-order chi connectivity index (χ1) is 6.81. The molecule has 15 heavy (non-hydrogen) atoms. The maximum Gasteiger partial charge on any atom is 0.0783 e. The summed E-state index contributed by atoms with van der Waals surface area (Å²) < 4.78 is 16.5. The van der Waals surface area contributed by atoms with E-state index in [0.717, 1.165) is 0 Å². The summed E-state index contributed by atoms with van der Waals surface area (Å²) in [6, 6.07) is 0. The van der Waals surface area contributed by atoms with Crippen LogP contribution in [-0.2, 0) is 14.2 Å². The van der Waals surface area contributed by atoms with Gasteiger partial charge in [0.2, 0.25) is 0 Å². The highest BCUT2D eigenvalue weighted by molar-refractivity contribution is 4.58. The molecule has 0 spiro atoms. The summed E-state index contributed by atoms with van der Waals surface area (Å²) >= 11 is 0. The lowest BCUT2D eigenvalue weighted by Crippen LogP contribution is -2.24. The molecule has 0 N–H and O–H groups in total. The number of rotatable bonds is 7. The third-order valence-corrected chi connectivity index (χ3v) is 1.62. The molecular formula is C12H26O3. The molecule has 0 radical (unpaired) electrons. The van der Waals surface area contributed by atoms with Crippen molar-refractivity contribution >= 4 is 0 Å². The third kappa shape index (κ3) is 11.8. The quantitative estimate of drug-likeness (QED) is 0.615. The van der Waals surface area contributed by atoms with Crippen LogP contribution in [0.3, 0.4) is 0 Å². The molecule has 0 bridgehead atoms. The lowest BCUT2D eigenvalue weighted by molar-refractivity contribution is -0.0659. The highest BCUT2D eigenvalue weighted by atomic mass is 16.6. The molecule has 3 nitrogen and oxygen atoms in total. The minimum atomic E-state index is -0.0800. The van der Waals surface area contributed by atoms with Crippen LogP contribution in [0, 0.1) is 0 Å². The Balaban J connectivity index is 3.31. The summed E-state index contributed by atoms with van der Waals surface area (Å²) in [5.74, 6) is 0. The van der Waals surface area contributed by atoms with E-state index in [1.54, 1.807) is 0 Å². The first-order valence-electron chi connectivity index (χ1n) is 5.68. The largest absolute Gasteiger partial charge is 0.376 e. The molecule has 0 amide bonds. The molecule has 3 heteroatoms. The van der Waals surface area contributed by atoms with Crippen molar-refractivity contribution < 1.29 is 14.2 Å². The van der Waals surface area contributed by atoms with Crippen molar-refractivity contribution in [3.05, 3.63) is 0 Å². The van der Waals surface area contributed by atoms with Gasteiger partial charge in [-0.2, -0.15) is 0 Å². The average Bonchev–Trinajstić information content (AvgIpc) is 1.99. The maximum atomic E-state index is 5.53. The van der Waals surface area contributed by atoms with E-state index >= 15 is 0 Å². The molecule has 0 aromatic carbocycles. The molecule has 1 unspecified atom stereocenters. The first kappa shape index (κ1) is 14.9. The monoisotopic (exact) mass is 218 g/mol. The molecule has 92 valence electrons. The second-order valence-corrected chi connectivity index (χ2v) is 5.03. The topological polar surface area (TPSA) is 27.7 Å². The minimum Gasteiger partial charge on any atom is -0.376 e. The van der Waals surface area contributed by atoms with Gasteiger partial charge in [-0.15, -0.1) is 0 Å². The Kier molecular flexibility index (Phi) is 7.14. The molecule has 1 atom stereocenters. The summed E-state index contributed by atoms with van der Waals surface area (Å²) in [6.07, 6.45) is 0.411. The summed E-state index contributed by atoms with van der Waals surface area (Å²) in [4.78, 5) is 0. The molecule has 0 aliphatic heterocycles. The second-order valence-electron chi connectivity index (χ2n) is 5.03. The van der Waals surface area contributed by atoms with Crippen molar-refractivity contribution in [3.63, 3.8) is 0 Å². The van der Waals surface area contributed by atoms with Crippen LogP contribution in [0.4, 0.5) is 0 Å². The second kappa shape index (κ2) is 7.20. The number of hydrogen-bond acceptors (Lipinski definition) is 3. The molecule has 0 saturated carbocycles. The van der Waals surface area contributed by atoms with Gasteiger partial charge < -0.3 is 14.2 Å². The molecule has 0 aliphatic carbocycles. The smallest absolute Gasteiger partial charge is 0.0783 e. The van der Waals surface area contributed by atoms with Crippen molar-refractivity contribution in [2.24, 2.45) is 0 Å². The van der Waals surface area contributed by atoms with Gasteiger partial charge in [0.25, 0.3) is 0 Å². The highest BCUT2D eigenvalue weighted by Crippen LogP contribution is 2.05. The SMILES string of the molecule is CC(C)OC(C)COCCOC(C)(C)C. The molecule has 0 aromatic rings. The Hall–Kier alpha value is -0.120. The van der Waals surface area contributed by atoms with Crippen molar-refractivity contribution in [3.8, 4) is 0 Å². The number of ether oxygens (including phenoxy) is 3. The minimum absolute atomic E-state index is 0.0800. The van der Waals surface area contributed by atoms with Gasteiger partial charge in [-0.3, -0.25) is 0 Å². The first-order valence-corrected chi connectivity index (χ1v) is 5.68. The van der Waals surface area contributed by atoms with Gasteiger partial charge in [0, 0.05) is 0 Å². The summed E-state index contributed by atoms with van der Waals surface area (Å²) in [7, 11) is 0. The summed E-state index contributed by atoms with van der Waals surface area (Å²) in [6.45, 7) is 14.1. The van der Waals surface area contributed by atoms with Crippen molar-refractivity contribution in [1.82, 2.24) is 0 Å². The van der Waals surface area contributed by atoms with Crippen LogP contribution in [0.5, 0.6) is 0 Å². The van der Waals surface area contributed by atoms with Crippen molar-refractivity contribution in [2.75, 3.05) is 19.8 Å². The molecule has 0 fully saturated rings. The summed E-state index contributed by atoms with van der Waals surface area (Å²) in [5.41, 5.74) is -0.0800. The van der Waals surface area contributed by atoms with Gasteiger partial charge in [0.05, 0.1) is 37.6 Å². The van der Waals surface area contributed by atoms with Crippen LogP contribution in [0.1, 0.15) is 41.5 Å². The molecule has 0 saturated heterocycles. The normalized spacial score (nSPS) is 14.6. The van der Waals surface area contributed by atoms with Crippen LogP contribution < -0.4 is 0 Å². The van der Waals surface area contributed by atoms with Crippen molar-refractivity contribution in [1.29, 1.82) is 0 Å². The van der Waals surface area contributed by atoms with Crippen LogP contribution in [0.2, 0.25) is 0 Å². The van der Waals surface area contributed by atoms with Crippen LogP contribution in [0.25, 0.3) is 0 Å². The van der Waals surface area contributed by atoms with Crippen LogP contribution in [-0.4, -0.2) is 37.6 Å². The Bertz CT molecular complexity index is 149. The van der Waals surface area contributed by atoms with E-state index < -0.39 is 0 Å². The van der Waals surface area contributed by atoms with E-state index in [1.807, 2.05) is 41.5 Å². The standard InChI is InChI=1S/C12H26O3/c1-10(2)15-11(3)9-13-7-8-14-12(4,5)6/h10-11H,7-9H2,1-6H3. The Morgan fingerprint density at radius 3 is 2.07 bits per heavy atom. The van der Waals surface area contributed by atoms with E-state index in [-0.39, 0.29) is 17.8 Å². The lowest BCUT2D eigenvalue weighted by Gasteiger charge is -2.20. The van der Waals surface area contributed by atoms with E-state index in [1.165, 1.54) is 0 Å². The Morgan fingerprint density at radius 1 is 1.00 bits per heavy atom. The predicted molar refractivity (Wildman–Crippen MR) is 62.2 cm³/mol. The molecule has 0 aromatic heterocycles. The van der Waals surface area contributed by atoms with E-state index in [0.29, 0.717) is 19.8 Å². The zero-order valence-corrected chi connectivity index (χ0v) is 11.0. The zero-order chi connectivity index (χ0) is 11.9. The van der Waals surface area contributed by atoms with Gasteiger partial charge in [-0.25, -0.2) is 0 Å². The van der Waals surface area contributed by atoms with E-state index in [2.05, 4.69) is 0 Å². The van der Waals surface area contributed by atoms with Crippen molar-refractivity contribution in [2.45, 2.75) is 59.4 Å². The van der Waals surface area contributed by atoms with E-state index in [4.69, 9.17) is 14.2 Å². The third-order valence-electron chi connectivity index (χ3n) is 1.62. The number of hydrogen-bond donors (Lipinski definition) is 0. The highest BCUT2D eigenvalue weighted by Gasteiger charge is 2.09. The molecule has 0 aliphatic rings. The fourth-order valence-electron chi connectivity index (χ4n) is 1.16. The Labute approximate surface area is 94.1 Å². The molecular weight excluding hydrogens is 192 g/mol. The maximum absolute atomic E-state index is 5.53. The average molecular weight is 218 g/mol. The van der Waals surface area contributed by atoms with Gasteiger partial charge in [0.15, 0.2) is 0 Å². The van der Waals surface area contributed by atoms with Gasteiger partial charge >= 0.3 is 0 Å². The fourth-order valence-corrected chi connectivity index (χ4v) is 1.16. The summed E-state index contributed by atoms with van der Waals surface area (Å²) in [5, 5.41) is 0. The zero-order valence-electron chi connectivity index (χ0n) is 11.0. The van der Waals surface area contributed by atoms with Gasteiger partial charge in [-0.05, 0) is 41.5 Å². The molecule has 0 rings (SSSR count). The van der Waals surface area contributed by atoms with E-state index in [9.17, 15) is 0 Å².